The van der Waals surface area contributed by atoms with Gasteiger partial charge in [0.25, 0.3) is 0 Å². The SMILES string of the molecule is Cc1cc(N2CC3CCCN3CC2C)c(C(=O)O)c(C)n1. The zero-order valence-electron chi connectivity index (χ0n) is 13.0. The molecule has 2 aliphatic rings. The van der Waals surface area contributed by atoms with E-state index in [9.17, 15) is 9.90 Å². The Hall–Kier alpha value is -1.62. The predicted molar refractivity (Wildman–Crippen MR) is 82.1 cm³/mol. The number of hydrogen-bond donors (Lipinski definition) is 1. The monoisotopic (exact) mass is 289 g/mol. The molecule has 0 spiro atoms. The maximum Gasteiger partial charge on any atom is 0.339 e. The molecule has 0 aromatic carbocycles. The van der Waals surface area contributed by atoms with Crippen molar-refractivity contribution in [3.8, 4) is 0 Å². The quantitative estimate of drug-likeness (QED) is 0.903. The summed E-state index contributed by atoms with van der Waals surface area (Å²) >= 11 is 0. The first-order valence-electron chi connectivity index (χ1n) is 7.69. The molecule has 2 saturated heterocycles. The van der Waals surface area contributed by atoms with Gasteiger partial charge < -0.3 is 10.0 Å². The third kappa shape index (κ3) is 2.50. The summed E-state index contributed by atoms with van der Waals surface area (Å²) in [4.78, 5) is 20.8. The minimum absolute atomic E-state index is 0.332. The van der Waals surface area contributed by atoms with Gasteiger partial charge in [0.1, 0.15) is 5.56 Å². The molecule has 0 saturated carbocycles. The lowest BCUT2D eigenvalue weighted by molar-refractivity contribution is 0.0695. The summed E-state index contributed by atoms with van der Waals surface area (Å²) in [5.74, 6) is -0.879. The number of anilines is 1. The third-order valence-corrected chi connectivity index (χ3v) is 4.77. The molecule has 2 unspecified atom stereocenters. The maximum atomic E-state index is 11.7. The van der Waals surface area contributed by atoms with Crippen LogP contribution < -0.4 is 4.90 Å². The molecule has 114 valence electrons. The van der Waals surface area contributed by atoms with Crippen LogP contribution in [-0.2, 0) is 0 Å². The van der Waals surface area contributed by atoms with Gasteiger partial charge in [-0.05, 0) is 46.2 Å². The Balaban J connectivity index is 2.01. The van der Waals surface area contributed by atoms with Gasteiger partial charge in [-0.2, -0.15) is 0 Å². The van der Waals surface area contributed by atoms with Crippen molar-refractivity contribution in [3.63, 3.8) is 0 Å². The zero-order chi connectivity index (χ0) is 15.1. The Morgan fingerprint density at radius 1 is 1.38 bits per heavy atom. The second-order valence-corrected chi connectivity index (χ2v) is 6.34. The molecule has 21 heavy (non-hydrogen) atoms. The van der Waals surface area contributed by atoms with Gasteiger partial charge in [0, 0.05) is 30.9 Å². The van der Waals surface area contributed by atoms with Gasteiger partial charge in [-0.25, -0.2) is 4.79 Å². The van der Waals surface area contributed by atoms with Gasteiger partial charge in [-0.15, -0.1) is 0 Å². The third-order valence-electron chi connectivity index (χ3n) is 4.77. The number of aromatic nitrogens is 1. The lowest BCUT2D eigenvalue weighted by Crippen LogP contribution is -2.55. The van der Waals surface area contributed by atoms with Crippen molar-refractivity contribution in [2.45, 2.75) is 45.7 Å². The van der Waals surface area contributed by atoms with Crippen molar-refractivity contribution in [3.05, 3.63) is 23.0 Å². The number of aryl methyl sites for hydroxylation is 2. The number of carboxylic acids is 1. The van der Waals surface area contributed by atoms with E-state index in [-0.39, 0.29) is 0 Å². The highest BCUT2D eigenvalue weighted by Crippen LogP contribution is 2.32. The van der Waals surface area contributed by atoms with Crippen LogP contribution in [0.2, 0.25) is 0 Å². The number of rotatable bonds is 2. The summed E-state index contributed by atoms with van der Waals surface area (Å²) < 4.78 is 0. The number of fused-ring (bicyclic) bond motifs is 1. The molecule has 2 atom stereocenters. The van der Waals surface area contributed by atoms with Crippen molar-refractivity contribution in [2.24, 2.45) is 0 Å². The van der Waals surface area contributed by atoms with Gasteiger partial charge >= 0.3 is 5.97 Å². The molecule has 0 aliphatic carbocycles. The van der Waals surface area contributed by atoms with Crippen LogP contribution in [0.25, 0.3) is 0 Å². The molecule has 0 amide bonds. The highest BCUT2D eigenvalue weighted by molar-refractivity contribution is 5.95. The molecular weight excluding hydrogens is 266 g/mol. The molecule has 3 rings (SSSR count). The van der Waals surface area contributed by atoms with Crippen LogP contribution in [0.1, 0.15) is 41.5 Å². The van der Waals surface area contributed by atoms with Crippen molar-refractivity contribution >= 4 is 11.7 Å². The van der Waals surface area contributed by atoms with Crippen LogP contribution in [0.3, 0.4) is 0 Å². The average Bonchev–Trinajstić information content (AvgIpc) is 2.83. The Labute approximate surface area is 125 Å². The number of pyridine rings is 1. The maximum absolute atomic E-state index is 11.7. The Bertz CT molecular complexity index is 573. The van der Waals surface area contributed by atoms with Gasteiger partial charge in [0.2, 0.25) is 0 Å². The fraction of sp³-hybridized carbons (Fsp3) is 0.625. The second kappa shape index (κ2) is 5.30. The van der Waals surface area contributed by atoms with Gasteiger partial charge in [0.05, 0.1) is 11.4 Å². The Morgan fingerprint density at radius 3 is 2.86 bits per heavy atom. The largest absolute Gasteiger partial charge is 0.478 e. The second-order valence-electron chi connectivity index (χ2n) is 6.34. The van der Waals surface area contributed by atoms with Crippen LogP contribution in [0.15, 0.2) is 6.07 Å². The molecule has 1 N–H and O–H groups in total. The first-order chi connectivity index (χ1) is 9.97. The summed E-state index contributed by atoms with van der Waals surface area (Å²) in [5, 5.41) is 9.56. The summed E-state index contributed by atoms with van der Waals surface area (Å²) in [6, 6.07) is 2.83. The van der Waals surface area contributed by atoms with E-state index in [0.29, 0.717) is 23.3 Å². The van der Waals surface area contributed by atoms with Crippen molar-refractivity contribution in [2.75, 3.05) is 24.5 Å². The van der Waals surface area contributed by atoms with Crippen LogP contribution in [0.4, 0.5) is 5.69 Å². The summed E-state index contributed by atoms with van der Waals surface area (Å²) in [5.41, 5.74) is 2.69. The molecule has 3 heterocycles. The highest BCUT2D eigenvalue weighted by Gasteiger charge is 2.36. The molecule has 1 aromatic heterocycles. The van der Waals surface area contributed by atoms with Crippen molar-refractivity contribution in [1.29, 1.82) is 0 Å². The smallest absolute Gasteiger partial charge is 0.339 e. The number of nitrogens with zero attached hydrogens (tertiary/aromatic N) is 3. The van der Waals surface area contributed by atoms with Gasteiger partial charge in [-0.3, -0.25) is 9.88 Å². The minimum atomic E-state index is -0.879. The van der Waals surface area contributed by atoms with Crippen molar-refractivity contribution < 1.29 is 9.90 Å². The van der Waals surface area contributed by atoms with Crippen LogP contribution in [-0.4, -0.2) is 52.7 Å². The summed E-state index contributed by atoms with van der Waals surface area (Å²) in [7, 11) is 0. The predicted octanol–water partition coefficient (Wildman–Crippen LogP) is 2.07. The van der Waals surface area contributed by atoms with E-state index in [1.165, 1.54) is 19.4 Å². The fourth-order valence-electron chi connectivity index (χ4n) is 3.82. The fourth-order valence-corrected chi connectivity index (χ4v) is 3.82. The molecule has 2 aliphatic heterocycles. The first-order valence-corrected chi connectivity index (χ1v) is 7.69. The number of carbonyl (C=O) groups is 1. The number of hydrogen-bond acceptors (Lipinski definition) is 4. The lowest BCUT2D eigenvalue weighted by atomic mass is 10.0. The number of aromatic carboxylic acids is 1. The Kier molecular flexibility index (Phi) is 3.61. The van der Waals surface area contributed by atoms with E-state index < -0.39 is 5.97 Å². The van der Waals surface area contributed by atoms with Crippen LogP contribution >= 0.6 is 0 Å². The molecule has 5 nitrogen and oxygen atoms in total. The number of carboxylic acid groups (broad SMARTS) is 1. The van der Waals surface area contributed by atoms with E-state index >= 15 is 0 Å². The minimum Gasteiger partial charge on any atom is -0.478 e. The van der Waals surface area contributed by atoms with E-state index in [1.807, 2.05) is 13.0 Å². The topological polar surface area (TPSA) is 56.7 Å². The highest BCUT2D eigenvalue weighted by atomic mass is 16.4. The molecule has 2 fully saturated rings. The summed E-state index contributed by atoms with van der Waals surface area (Å²) in [6.45, 7) is 9.03. The molecule has 0 bridgehead atoms. The van der Waals surface area contributed by atoms with Gasteiger partial charge in [-0.1, -0.05) is 0 Å². The molecule has 5 heteroatoms. The Morgan fingerprint density at radius 2 is 2.14 bits per heavy atom. The van der Waals surface area contributed by atoms with E-state index in [4.69, 9.17) is 0 Å². The van der Waals surface area contributed by atoms with Crippen molar-refractivity contribution in [1.82, 2.24) is 9.88 Å². The average molecular weight is 289 g/mol. The normalized spacial score (nSPS) is 26.0. The standard InChI is InChI=1S/C16H23N3O2/c1-10-7-14(15(16(20)21)12(3)17-10)19-9-13-5-4-6-18(13)8-11(19)2/h7,11,13H,4-6,8-9H2,1-3H3,(H,20,21). The van der Waals surface area contributed by atoms with Crippen LogP contribution in [0.5, 0.6) is 0 Å². The number of piperazine rings is 1. The first kappa shape index (κ1) is 14.3. The van der Waals surface area contributed by atoms with Crippen LogP contribution in [0, 0.1) is 13.8 Å². The summed E-state index contributed by atoms with van der Waals surface area (Å²) in [6.07, 6.45) is 2.47. The van der Waals surface area contributed by atoms with Gasteiger partial charge in [0.15, 0.2) is 0 Å². The molecule has 1 aromatic rings. The van der Waals surface area contributed by atoms with E-state index in [0.717, 1.165) is 24.5 Å². The molecular formula is C16H23N3O2. The zero-order valence-corrected chi connectivity index (χ0v) is 13.0. The van der Waals surface area contributed by atoms with E-state index in [2.05, 4.69) is 21.7 Å². The van der Waals surface area contributed by atoms with E-state index in [1.54, 1.807) is 6.92 Å². The lowest BCUT2D eigenvalue weighted by Gasteiger charge is -2.44. The molecule has 0 radical (unpaired) electrons.